The van der Waals surface area contributed by atoms with Crippen LogP contribution in [0.3, 0.4) is 0 Å². The largest absolute Gasteiger partial charge is 0.497 e. The summed E-state index contributed by atoms with van der Waals surface area (Å²) in [5.74, 6) is -0.828. The van der Waals surface area contributed by atoms with Crippen LogP contribution in [0.1, 0.15) is 0 Å². The average Bonchev–Trinajstić information content (AvgIpc) is 2.73. The van der Waals surface area contributed by atoms with Gasteiger partial charge in [0.05, 0.1) is 19.1 Å². The van der Waals surface area contributed by atoms with Gasteiger partial charge in [0.25, 0.3) is 15.9 Å². The van der Waals surface area contributed by atoms with Crippen molar-refractivity contribution in [2.75, 3.05) is 23.8 Å². The van der Waals surface area contributed by atoms with E-state index in [9.17, 15) is 18.0 Å². The van der Waals surface area contributed by atoms with E-state index in [-0.39, 0.29) is 16.3 Å². The molecule has 2 aromatic rings. The second-order valence-corrected chi connectivity index (χ2v) is 7.35. The second-order valence-electron chi connectivity index (χ2n) is 5.57. The average molecular weight is 416 g/mol. The summed E-state index contributed by atoms with van der Waals surface area (Å²) < 4.78 is 37.4. The summed E-state index contributed by atoms with van der Waals surface area (Å²) in [5.41, 5.74) is 0.343. The van der Waals surface area contributed by atoms with Gasteiger partial charge in [0.1, 0.15) is 17.2 Å². The zero-order valence-corrected chi connectivity index (χ0v) is 16.7. The zero-order valence-electron chi connectivity index (χ0n) is 15.9. The number of benzene rings is 2. The molecule has 1 N–H and O–H groups in total. The number of carbonyl (C=O) groups excluding carboxylic acids is 2. The van der Waals surface area contributed by atoms with E-state index in [0.717, 1.165) is 12.2 Å². The van der Waals surface area contributed by atoms with Crippen molar-refractivity contribution in [2.45, 2.75) is 4.90 Å². The molecule has 0 spiro atoms. The van der Waals surface area contributed by atoms with Gasteiger partial charge in [-0.2, -0.15) is 4.31 Å². The van der Waals surface area contributed by atoms with E-state index in [1.54, 1.807) is 6.07 Å². The van der Waals surface area contributed by atoms with E-state index in [0.29, 0.717) is 15.7 Å². The molecule has 152 valence electrons. The molecular formula is C20H20N2O6S. The first-order valence-electron chi connectivity index (χ1n) is 8.25. The lowest BCUT2D eigenvalue weighted by Gasteiger charge is -2.23. The molecule has 0 fully saturated rings. The quantitative estimate of drug-likeness (QED) is 0.664. The van der Waals surface area contributed by atoms with E-state index in [4.69, 9.17) is 9.47 Å². The summed E-state index contributed by atoms with van der Waals surface area (Å²) in [6.07, 6.45) is 1.97. The third-order valence-electron chi connectivity index (χ3n) is 3.83. The summed E-state index contributed by atoms with van der Waals surface area (Å²) in [6, 6.07) is 9.76. The number of rotatable bonds is 8. The molecule has 0 aliphatic heterocycles. The number of anilines is 2. The molecule has 2 rings (SSSR count). The van der Waals surface area contributed by atoms with Gasteiger partial charge in [-0.1, -0.05) is 13.2 Å². The summed E-state index contributed by atoms with van der Waals surface area (Å²) in [6.45, 7) is 6.73. The first kappa shape index (κ1) is 21.7. The van der Waals surface area contributed by atoms with Gasteiger partial charge in [-0.25, -0.2) is 8.42 Å². The fourth-order valence-corrected chi connectivity index (χ4v) is 3.82. The molecule has 0 heterocycles. The lowest BCUT2D eigenvalue weighted by molar-refractivity contribution is -0.113. The van der Waals surface area contributed by atoms with Gasteiger partial charge in [0.15, 0.2) is 0 Å². The Labute approximate surface area is 169 Å². The maximum atomic E-state index is 13.2. The highest BCUT2D eigenvalue weighted by molar-refractivity contribution is 7.93. The molecule has 0 saturated carbocycles. The first-order chi connectivity index (χ1) is 13.8. The molecule has 8 nitrogen and oxygen atoms in total. The fourth-order valence-electron chi connectivity index (χ4n) is 2.41. The number of sulfonamides is 1. The normalized spacial score (nSPS) is 10.6. The van der Waals surface area contributed by atoms with Crippen LogP contribution in [0.15, 0.2) is 72.7 Å². The molecule has 0 atom stereocenters. The lowest BCUT2D eigenvalue weighted by atomic mass is 10.2. The molecule has 0 unspecified atom stereocenters. The first-order valence-corrected chi connectivity index (χ1v) is 9.69. The molecular weight excluding hydrogens is 396 g/mol. The maximum Gasteiger partial charge on any atom is 0.271 e. The van der Waals surface area contributed by atoms with E-state index < -0.39 is 21.8 Å². The maximum absolute atomic E-state index is 13.2. The molecule has 29 heavy (non-hydrogen) atoms. The van der Waals surface area contributed by atoms with Crippen LogP contribution < -0.4 is 19.1 Å². The van der Waals surface area contributed by atoms with Crippen LogP contribution in [0.25, 0.3) is 0 Å². The SMILES string of the molecule is C=CC(=O)Nc1ccc(S(=O)(=O)N(C(=O)C=C)c2cc(OC)ccc2OC)cc1. The van der Waals surface area contributed by atoms with Gasteiger partial charge in [0, 0.05) is 11.8 Å². The van der Waals surface area contributed by atoms with Crippen LogP contribution in [0.5, 0.6) is 11.5 Å². The molecule has 0 bridgehead atoms. The molecule has 2 aromatic carbocycles. The van der Waals surface area contributed by atoms with Crippen molar-refractivity contribution in [3.8, 4) is 11.5 Å². The zero-order chi connectivity index (χ0) is 21.6. The standard InChI is InChI=1S/C20H20N2O6S/c1-5-19(23)21-14-7-10-16(11-8-14)29(25,26)22(20(24)6-2)17-13-15(27-3)9-12-18(17)28-4/h5-13H,1-2H2,3-4H3,(H,21,23). The smallest absolute Gasteiger partial charge is 0.271 e. The Kier molecular flexibility index (Phi) is 6.79. The third kappa shape index (κ3) is 4.64. The predicted octanol–water partition coefficient (Wildman–Crippen LogP) is 2.74. The Morgan fingerprint density at radius 3 is 2.17 bits per heavy atom. The molecule has 0 aliphatic carbocycles. The Morgan fingerprint density at radius 2 is 1.66 bits per heavy atom. The molecule has 0 saturated heterocycles. The predicted molar refractivity (Wildman–Crippen MR) is 110 cm³/mol. The number of amides is 2. The number of hydrogen-bond donors (Lipinski definition) is 1. The van der Waals surface area contributed by atoms with Gasteiger partial charge >= 0.3 is 0 Å². The monoisotopic (exact) mass is 416 g/mol. The van der Waals surface area contributed by atoms with Crippen molar-refractivity contribution < 1.29 is 27.5 Å². The van der Waals surface area contributed by atoms with Gasteiger partial charge in [-0.05, 0) is 48.6 Å². The van der Waals surface area contributed by atoms with Gasteiger partial charge < -0.3 is 14.8 Å². The lowest BCUT2D eigenvalue weighted by Crippen LogP contribution is -2.36. The Bertz CT molecular complexity index is 1050. The van der Waals surface area contributed by atoms with Crippen LogP contribution in [-0.2, 0) is 19.6 Å². The minimum absolute atomic E-state index is 0.0270. The fraction of sp³-hybridized carbons (Fsp3) is 0.100. The van der Waals surface area contributed by atoms with Gasteiger partial charge in [-0.3, -0.25) is 9.59 Å². The van der Waals surface area contributed by atoms with Crippen molar-refractivity contribution in [3.63, 3.8) is 0 Å². The van der Waals surface area contributed by atoms with E-state index in [1.807, 2.05) is 0 Å². The van der Waals surface area contributed by atoms with E-state index in [1.165, 1.54) is 50.6 Å². The van der Waals surface area contributed by atoms with E-state index in [2.05, 4.69) is 18.5 Å². The van der Waals surface area contributed by atoms with Crippen molar-refractivity contribution in [2.24, 2.45) is 0 Å². The number of ether oxygens (including phenoxy) is 2. The second kappa shape index (κ2) is 9.07. The number of carbonyl (C=O) groups is 2. The van der Waals surface area contributed by atoms with Crippen LogP contribution in [0.2, 0.25) is 0 Å². The van der Waals surface area contributed by atoms with Crippen molar-refractivity contribution >= 4 is 33.2 Å². The van der Waals surface area contributed by atoms with Crippen LogP contribution in [0, 0.1) is 0 Å². The van der Waals surface area contributed by atoms with E-state index >= 15 is 0 Å². The van der Waals surface area contributed by atoms with Crippen LogP contribution in [-0.4, -0.2) is 34.5 Å². The van der Waals surface area contributed by atoms with Crippen LogP contribution >= 0.6 is 0 Å². The van der Waals surface area contributed by atoms with Crippen molar-refractivity contribution in [1.82, 2.24) is 0 Å². The van der Waals surface area contributed by atoms with Gasteiger partial charge in [0.2, 0.25) is 5.91 Å². The number of nitrogens with one attached hydrogen (secondary N) is 1. The van der Waals surface area contributed by atoms with Crippen molar-refractivity contribution in [3.05, 3.63) is 67.8 Å². The molecule has 0 aromatic heterocycles. The summed E-state index contributed by atoms with van der Waals surface area (Å²) in [7, 11) is -1.56. The number of methoxy groups -OCH3 is 2. The Hall–Kier alpha value is -3.59. The highest BCUT2D eigenvalue weighted by Gasteiger charge is 2.32. The molecule has 2 amide bonds. The molecule has 0 aliphatic rings. The highest BCUT2D eigenvalue weighted by atomic mass is 32.2. The number of hydrogen-bond acceptors (Lipinski definition) is 6. The van der Waals surface area contributed by atoms with Crippen LogP contribution in [0.4, 0.5) is 11.4 Å². The summed E-state index contributed by atoms with van der Waals surface area (Å²) in [4.78, 5) is 23.7. The minimum Gasteiger partial charge on any atom is -0.497 e. The third-order valence-corrected chi connectivity index (χ3v) is 5.55. The number of nitrogens with zero attached hydrogens (tertiary/aromatic N) is 1. The summed E-state index contributed by atoms with van der Waals surface area (Å²) in [5, 5.41) is 2.51. The van der Waals surface area contributed by atoms with Crippen molar-refractivity contribution in [1.29, 1.82) is 0 Å². The molecule has 9 heteroatoms. The van der Waals surface area contributed by atoms with Gasteiger partial charge in [-0.15, -0.1) is 0 Å². The Morgan fingerprint density at radius 1 is 1.00 bits per heavy atom. The Balaban J connectivity index is 2.58. The molecule has 0 radical (unpaired) electrons. The highest BCUT2D eigenvalue weighted by Crippen LogP contribution is 2.36. The summed E-state index contributed by atoms with van der Waals surface area (Å²) >= 11 is 0. The topological polar surface area (TPSA) is 102 Å². The minimum atomic E-state index is -4.33.